The first-order valence-electron chi connectivity index (χ1n) is 7.51. The number of hydrogen-bond donors (Lipinski definition) is 2. The predicted molar refractivity (Wildman–Crippen MR) is 84.0 cm³/mol. The summed E-state index contributed by atoms with van der Waals surface area (Å²) in [5, 5.41) is 10.4. The van der Waals surface area contributed by atoms with Gasteiger partial charge in [0.25, 0.3) is 0 Å². The van der Waals surface area contributed by atoms with E-state index >= 15 is 0 Å². The summed E-state index contributed by atoms with van der Waals surface area (Å²) < 4.78 is 38.4. The van der Waals surface area contributed by atoms with Crippen LogP contribution in [0.4, 0.5) is 13.2 Å². The fraction of sp³-hybridized carbons (Fsp3) is 0.667. The van der Waals surface area contributed by atoms with Crippen LogP contribution in [0, 0.1) is 11.8 Å². The number of halogens is 3. The van der Waals surface area contributed by atoms with Crippen molar-refractivity contribution in [2.24, 2.45) is 16.8 Å². The van der Waals surface area contributed by atoms with Gasteiger partial charge in [-0.2, -0.15) is 24.5 Å². The van der Waals surface area contributed by atoms with E-state index in [1.807, 2.05) is 11.4 Å². The number of hydrogen-bond acceptors (Lipinski definition) is 2. The number of thiophene rings is 1. The third-order valence-corrected chi connectivity index (χ3v) is 4.80. The summed E-state index contributed by atoms with van der Waals surface area (Å²) >= 11 is 1.63. The molecule has 0 spiro atoms. The number of guanidine groups is 1. The van der Waals surface area contributed by atoms with Crippen molar-refractivity contribution in [1.82, 2.24) is 10.6 Å². The lowest BCUT2D eigenvalue weighted by atomic mass is 9.81. The Bertz CT molecular complexity index is 471. The fourth-order valence-corrected chi connectivity index (χ4v) is 3.48. The van der Waals surface area contributed by atoms with Crippen LogP contribution in [0.25, 0.3) is 0 Å². The molecule has 0 saturated heterocycles. The van der Waals surface area contributed by atoms with Gasteiger partial charge in [0.2, 0.25) is 0 Å². The smallest absolute Gasteiger partial charge is 0.356 e. The van der Waals surface area contributed by atoms with Gasteiger partial charge in [0.15, 0.2) is 5.96 Å². The number of alkyl halides is 3. The molecule has 124 valence electrons. The fourth-order valence-electron chi connectivity index (χ4n) is 2.81. The summed E-state index contributed by atoms with van der Waals surface area (Å²) in [5.41, 5.74) is 1.17. The van der Waals surface area contributed by atoms with Crippen LogP contribution in [0.2, 0.25) is 0 Å². The highest BCUT2D eigenvalue weighted by Crippen LogP contribution is 2.39. The monoisotopic (exact) mass is 333 g/mol. The minimum absolute atomic E-state index is 0.0556. The lowest BCUT2D eigenvalue weighted by Crippen LogP contribution is -2.41. The largest absolute Gasteiger partial charge is 0.391 e. The standard InChI is InChI=1S/C15H22F3N3S/c1-19-14(21-9-12-5-6-22-10-12)20-8-11-3-2-4-13(7-11)15(16,17)18/h5-6,10-11,13H,2-4,7-9H2,1H3,(H2,19,20,21). The van der Waals surface area contributed by atoms with Gasteiger partial charge in [-0.25, -0.2) is 0 Å². The summed E-state index contributed by atoms with van der Waals surface area (Å²) in [7, 11) is 1.67. The van der Waals surface area contributed by atoms with Gasteiger partial charge in [-0.05, 0) is 47.6 Å². The van der Waals surface area contributed by atoms with E-state index in [2.05, 4.69) is 21.0 Å². The molecule has 2 N–H and O–H groups in total. The van der Waals surface area contributed by atoms with Crippen molar-refractivity contribution in [3.8, 4) is 0 Å². The lowest BCUT2D eigenvalue weighted by Gasteiger charge is -2.30. The Balaban J connectivity index is 1.75. The normalized spacial score (nSPS) is 23.4. The lowest BCUT2D eigenvalue weighted by molar-refractivity contribution is -0.185. The van der Waals surface area contributed by atoms with Gasteiger partial charge in [-0.15, -0.1) is 0 Å². The quantitative estimate of drug-likeness (QED) is 0.650. The Labute approximate surface area is 133 Å². The van der Waals surface area contributed by atoms with Crippen molar-refractivity contribution in [1.29, 1.82) is 0 Å². The molecule has 0 bridgehead atoms. The molecule has 0 aliphatic heterocycles. The SMILES string of the molecule is CN=C(NCc1ccsc1)NCC1CCCC(C(F)(F)F)C1. The molecule has 0 radical (unpaired) electrons. The van der Waals surface area contributed by atoms with E-state index in [1.54, 1.807) is 18.4 Å². The second kappa shape index (κ2) is 7.85. The molecule has 1 saturated carbocycles. The first kappa shape index (κ1) is 17.1. The minimum Gasteiger partial charge on any atom is -0.356 e. The van der Waals surface area contributed by atoms with Crippen LogP contribution in [-0.2, 0) is 6.54 Å². The molecule has 2 rings (SSSR count). The number of rotatable bonds is 4. The van der Waals surface area contributed by atoms with Crippen LogP contribution in [0.15, 0.2) is 21.8 Å². The Morgan fingerprint density at radius 3 is 2.82 bits per heavy atom. The van der Waals surface area contributed by atoms with Gasteiger partial charge in [0.05, 0.1) is 5.92 Å². The van der Waals surface area contributed by atoms with Crippen molar-refractivity contribution in [2.75, 3.05) is 13.6 Å². The first-order valence-corrected chi connectivity index (χ1v) is 8.45. The van der Waals surface area contributed by atoms with Crippen LogP contribution < -0.4 is 10.6 Å². The molecule has 3 nitrogen and oxygen atoms in total. The summed E-state index contributed by atoms with van der Waals surface area (Å²) in [6.45, 7) is 1.20. The van der Waals surface area contributed by atoms with Gasteiger partial charge in [0.1, 0.15) is 0 Å². The maximum Gasteiger partial charge on any atom is 0.391 e. The Morgan fingerprint density at radius 2 is 2.18 bits per heavy atom. The van der Waals surface area contributed by atoms with Crippen LogP contribution in [0.3, 0.4) is 0 Å². The Morgan fingerprint density at radius 1 is 1.36 bits per heavy atom. The van der Waals surface area contributed by atoms with E-state index < -0.39 is 12.1 Å². The summed E-state index contributed by atoms with van der Waals surface area (Å²) in [5.74, 6) is -0.450. The molecule has 0 aromatic carbocycles. The van der Waals surface area contributed by atoms with Gasteiger partial charge in [-0.1, -0.05) is 6.42 Å². The highest BCUT2D eigenvalue weighted by Gasteiger charge is 2.41. The Kier molecular flexibility index (Phi) is 6.11. The topological polar surface area (TPSA) is 36.4 Å². The minimum atomic E-state index is -4.06. The zero-order chi connectivity index (χ0) is 16.0. The number of nitrogens with one attached hydrogen (secondary N) is 2. The van der Waals surface area contributed by atoms with E-state index in [0.29, 0.717) is 25.5 Å². The second-order valence-corrected chi connectivity index (χ2v) is 6.49. The van der Waals surface area contributed by atoms with Gasteiger partial charge < -0.3 is 10.6 Å². The van der Waals surface area contributed by atoms with E-state index in [0.717, 1.165) is 6.42 Å². The molecule has 1 aliphatic carbocycles. The predicted octanol–water partition coefficient (Wildman–Crippen LogP) is 3.78. The summed E-state index contributed by atoms with van der Waals surface area (Å²) in [4.78, 5) is 4.12. The zero-order valence-corrected chi connectivity index (χ0v) is 13.4. The molecular formula is C15H22F3N3S. The molecule has 1 aromatic heterocycles. The second-order valence-electron chi connectivity index (χ2n) is 5.71. The maximum absolute atomic E-state index is 12.8. The third-order valence-electron chi connectivity index (χ3n) is 4.07. The first-order chi connectivity index (χ1) is 10.5. The average Bonchev–Trinajstić information content (AvgIpc) is 3.00. The molecule has 22 heavy (non-hydrogen) atoms. The van der Waals surface area contributed by atoms with Crippen molar-refractivity contribution >= 4 is 17.3 Å². The molecule has 7 heteroatoms. The highest BCUT2D eigenvalue weighted by molar-refractivity contribution is 7.07. The van der Waals surface area contributed by atoms with E-state index in [9.17, 15) is 13.2 Å². The van der Waals surface area contributed by atoms with Crippen molar-refractivity contribution in [3.05, 3.63) is 22.4 Å². The van der Waals surface area contributed by atoms with E-state index in [4.69, 9.17) is 0 Å². The van der Waals surface area contributed by atoms with E-state index in [1.165, 1.54) is 5.56 Å². The molecule has 1 heterocycles. The van der Waals surface area contributed by atoms with Crippen molar-refractivity contribution in [2.45, 2.75) is 38.4 Å². The molecule has 0 amide bonds. The summed E-state index contributed by atoms with van der Waals surface area (Å²) in [6.07, 6.45) is -2.07. The molecule has 1 aromatic rings. The molecular weight excluding hydrogens is 311 g/mol. The molecule has 2 atom stereocenters. The van der Waals surface area contributed by atoms with Crippen LogP contribution in [0.5, 0.6) is 0 Å². The zero-order valence-electron chi connectivity index (χ0n) is 12.6. The number of nitrogens with zero attached hydrogens (tertiary/aromatic N) is 1. The molecule has 1 fully saturated rings. The number of aliphatic imine (C=N–C) groups is 1. The maximum atomic E-state index is 12.8. The average molecular weight is 333 g/mol. The molecule has 2 unspecified atom stereocenters. The van der Waals surface area contributed by atoms with E-state index in [-0.39, 0.29) is 18.8 Å². The van der Waals surface area contributed by atoms with Crippen LogP contribution in [-0.4, -0.2) is 25.7 Å². The molecule has 1 aliphatic rings. The Hall–Kier alpha value is -1.24. The van der Waals surface area contributed by atoms with Gasteiger partial charge >= 0.3 is 6.18 Å². The summed E-state index contributed by atoms with van der Waals surface area (Å²) in [6, 6.07) is 2.03. The highest BCUT2D eigenvalue weighted by atomic mass is 32.1. The third kappa shape index (κ3) is 5.19. The van der Waals surface area contributed by atoms with Crippen molar-refractivity contribution in [3.63, 3.8) is 0 Å². The van der Waals surface area contributed by atoms with Crippen LogP contribution in [0.1, 0.15) is 31.2 Å². The van der Waals surface area contributed by atoms with Crippen molar-refractivity contribution < 1.29 is 13.2 Å². The van der Waals surface area contributed by atoms with Gasteiger partial charge in [-0.3, -0.25) is 4.99 Å². The van der Waals surface area contributed by atoms with Gasteiger partial charge in [0, 0.05) is 20.1 Å². The van der Waals surface area contributed by atoms with Crippen LogP contribution >= 0.6 is 11.3 Å².